The molecule has 1 N–H and O–H groups in total. The Kier molecular flexibility index (Phi) is 15.5. The molecular weight excluding hydrogens is 627 g/mol. The van der Waals surface area contributed by atoms with Crippen molar-refractivity contribution in [2.75, 3.05) is 0 Å². The number of benzene rings is 4. The van der Waals surface area contributed by atoms with E-state index in [1.165, 1.54) is 72.8 Å². The van der Waals surface area contributed by atoms with E-state index in [0.29, 0.717) is 5.75 Å². The number of ether oxygens (including phenoxy) is 1. The molecule has 0 amide bonds. The molecule has 50 heavy (non-hydrogen) atoms. The van der Waals surface area contributed by atoms with Crippen LogP contribution < -0.4 is 20.7 Å². The van der Waals surface area contributed by atoms with E-state index < -0.39 is 7.92 Å². The van der Waals surface area contributed by atoms with Gasteiger partial charge in [0.2, 0.25) is 0 Å². The van der Waals surface area contributed by atoms with E-state index >= 15 is 0 Å². The molecular formula is C47H65O2P. The van der Waals surface area contributed by atoms with Crippen LogP contribution in [-0.2, 0) is 6.42 Å². The SMILES string of the molecule is Cc1c(C)c2c(c(C)c1O)CC[C@@](C)(CCC[C@H](C)CCC[C@H](C)CCCC(C)C)O2.c1ccc(P(c2ccccc2)c2ccccc2)cc1. The molecule has 4 aromatic carbocycles. The number of rotatable bonds is 15. The summed E-state index contributed by atoms with van der Waals surface area (Å²) in [5, 5.41) is 14.6. The number of hydrogen-bond donors (Lipinski definition) is 1. The summed E-state index contributed by atoms with van der Waals surface area (Å²) < 4.78 is 6.60. The average molecular weight is 693 g/mol. The van der Waals surface area contributed by atoms with Gasteiger partial charge in [0.1, 0.15) is 17.1 Å². The van der Waals surface area contributed by atoms with Crippen molar-refractivity contribution in [3.05, 3.63) is 113 Å². The summed E-state index contributed by atoms with van der Waals surface area (Å²) in [4.78, 5) is 0. The molecule has 270 valence electrons. The predicted molar refractivity (Wildman–Crippen MR) is 220 cm³/mol. The Labute approximate surface area is 306 Å². The Hall–Kier alpha value is -3.09. The molecule has 0 spiro atoms. The normalized spacial score (nSPS) is 16.7. The Morgan fingerprint density at radius 1 is 0.620 bits per heavy atom. The summed E-state index contributed by atoms with van der Waals surface area (Å²) in [5.41, 5.74) is 4.23. The first-order valence-electron chi connectivity index (χ1n) is 19.4. The highest BCUT2D eigenvalue weighted by molar-refractivity contribution is 7.79. The summed E-state index contributed by atoms with van der Waals surface area (Å²) in [6, 6.07) is 32.3. The molecule has 0 fully saturated rings. The molecule has 0 aromatic heterocycles. The lowest BCUT2D eigenvalue weighted by atomic mass is 9.84. The maximum absolute atomic E-state index is 10.4. The van der Waals surface area contributed by atoms with Gasteiger partial charge in [-0.3, -0.25) is 0 Å². The topological polar surface area (TPSA) is 29.5 Å². The zero-order chi connectivity index (χ0) is 36.1. The molecule has 1 heterocycles. The van der Waals surface area contributed by atoms with Gasteiger partial charge in [-0.1, -0.05) is 164 Å². The highest BCUT2D eigenvalue weighted by Crippen LogP contribution is 2.44. The first-order valence-corrected chi connectivity index (χ1v) is 20.8. The number of fused-ring (bicyclic) bond motifs is 1. The second-order valence-corrected chi connectivity index (χ2v) is 18.0. The van der Waals surface area contributed by atoms with Crippen LogP contribution in [0.5, 0.6) is 11.5 Å². The van der Waals surface area contributed by atoms with E-state index in [0.717, 1.165) is 59.5 Å². The Balaban J connectivity index is 0.000000250. The van der Waals surface area contributed by atoms with Crippen LogP contribution in [0.4, 0.5) is 0 Å². The minimum Gasteiger partial charge on any atom is -0.507 e. The third kappa shape index (κ3) is 11.5. The van der Waals surface area contributed by atoms with Gasteiger partial charge in [0.05, 0.1) is 0 Å². The molecule has 0 unspecified atom stereocenters. The molecule has 2 nitrogen and oxygen atoms in total. The summed E-state index contributed by atoms with van der Waals surface area (Å²) in [7, 11) is -0.446. The lowest BCUT2D eigenvalue weighted by Crippen LogP contribution is -2.37. The molecule has 0 radical (unpaired) electrons. The molecule has 5 rings (SSSR count). The first-order chi connectivity index (χ1) is 24.0. The van der Waals surface area contributed by atoms with Crippen molar-refractivity contribution in [3.63, 3.8) is 0 Å². The van der Waals surface area contributed by atoms with Crippen LogP contribution >= 0.6 is 7.92 Å². The van der Waals surface area contributed by atoms with Crippen LogP contribution in [0.1, 0.15) is 121 Å². The van der Waals surface area contributed by atoms with E-state index in [-0.39, 0.29) is 5.60 Å². The Morgan fingerprint density at radius 2 is 1.06 bits per heavy atom. The van der Waals surface area contributed by atoms with Crippen molar-refractivity contribution in [1.29, 1.82) is 0 Å². The van der Waals surface area contributed by atoms with Gasteiger partial charge in [-0.25, -0.2) is 0 Å². The Morgan fingerprint density at radius 3 is 1.52 bits per heavy atom. The van der Waals surface area contributed by atoms with E-state index in [4.69, 9.17) is 4.74 Å². The molecule has 3 heteroatoms. The second-order valence-electron chi connectivity index (χ2n) is 15.8. The van der Waals surface area contributed by atoms with Crippen LogP contribution in [-0.4, -0.2) is 10.7 Å². The fourth-order valence-corrected chi connectivity index (χ4v) is 9.76. The smallest absolute Gasteiger partial charge is 0.127 e. The van der Waals surface area contributed by atoms with Gasteiger partial charge in [0, 0.05) is 5.56 Å². The molecule has 0 aliphatic carbocycles. The van der Waals surface area contributed by atoms with Crippen molar-refractivity contribution >= 4 is 23.8 Å². The van der Waals surface area contributed by atoms with E-state index in [2.05, 4.69) is 133 Å². The van der Waals surface area contributed by atoms with Gasteiger partial charge in [0.25, 0.3) is 0 Å². The standard InChI is InChI=1S/C29H50O2.C18H15P/c1-20(2)12-9-13-21(3)14-10-15-22(4)16-11-18-29(8)19-17-26-25(7)27(30)23(5)24(6)28(26)31-29;1-4-10-16(11-5-1)19(17-12-6-2-7-13-17)18-14-8-3-9-15-18/h20-22,30H,9-19H2,1-8H3;1-15H/t21-,22-,29-;/m1./s1. The van der Waals surface area contributed by atoms with Crippen LogP contribution in [0, 0.1) is 38.5 Å². The third-order valence-electron chi connectivity index (χ3n) is 10.9. The zero-order valence-corrected chi connectivity index (χ0v) is 33.4. The number of phenols is 1. The predicted octanol–water partition coefficient (Wildman–Crippen LogP) is 12.3. The molecule has 0 bridgehead atoms. The van der Waals surface area contributed by atoms with Crippen LogP contribution in [0.25, 0.3) is 0 Å². The highest BCUT2D eigenvalue weighted by atomic mass is 31.1. The van der Waals surface area contributed by atoms with Crippen LogP contribution in [0.2, 0.25) is 0 Å². The fourth-order valence-electron chi connectivity index (χ4n) is 7.45. The summed E-state index contributed by atoms with van der Waals surface area (Å²) in [6.07, 6.45) is 14.1. The summed E-state index contributed by atoms with van der Waals surface area (Å²) >= 11 is 0. The number of hydrogen-bond acceptors (Lipinski definition) is 2. The molecule has 3 atom stereocenters. The van der Waals surface area contributed by atoms with Crippen LogP contribution in [0.15, 0.2) is 91.0 Å². The molecule has 1 aliphatic heterocycles. The second kappa shape index (κ2) is 19.5. The molecule has 0 saturated carbocycles. The lowest BCUT2D eigenvalue weighted by molar-refractivity contribution is 0.0512. The molecule has 0 saturated heterocycles. The Bertz CT molecular complexity index is 1470. The largest absolute Gasteiger partial charge is 0.507 e. The van der Waals surface area contributed by atoms with Gasteiger partial charge < -0.3 is 9.84 Å². The van der Waals surface area contributed by atoms with Gasteiger partial charge in [-0.2, -0.15) is 0 Å². The number of phenolic OH excluding ortho intramolecular Hbond substituents is 1. The van der Waals surface area contributed by atoms with Gasteiger partial charge in [0.15, 0.2) is 0 Å². The van der Waals surface area contributed by atoms with Crippen molar-refractivity contribution in [3.8, 4) is 11.5 Å². The quantitative estimate of drug-likeness (QED) is 0.126. The van der Waals surface area contributed by atoms with E-state index in [9.17, 15) is 5.11 Å². The van der Waals surface area contributed by atoms with Gasteiger partial charge >= 0.3 is 0 Å². The highest BCUT2D eigenvalue weighted by Gasteiger charge is 2.34. The zero-order valence-electron chi connectivity index (χ0n) is 32.5. The van der Waals surface area contributed by atoms with Crippen LogP contribution in [0.3, 0.4) is 0 Å². The summed E-state index contributed by atoms with van der Waals surface area (Å²) in [6.45, 7) is 17.9. The molecule has 4 aromatic rings. The lowest BCUT2D eigenvalue weighted by Gasteiger charge is -2.38. The van der Waals surface area contributed by atoms with Crippen molar-refractivity contribution in [2.24, 2.45) is 17.8 Å². The van der Waals surface area contributed by atoms with Gasteiger partial charge in [-0.05, 0) is 112 Å². The fraction of sp³-hybridized carbons (Fsp3) is 0.489. The van der Waals surface area contributed by atoms with Crippen molar-refractivity contribution in [2.45, 2.75) is 132 Å². The minimum atomic E-state index is -0.446. The summed E-state index contributed by atoms with van der Waals surface area (Å²) in [5.74, 6) is 4.04. The molecule has 1 aliphatic rings. The third-order valence-corrected chi connectivity index (χ3v) is 13.4. The van der Waals surface area contributed by atoms with Crippen molar-refractivity contribution in [1.82, 2.24) is 0 Å². The van der Waals surface area contributed by atoms with E-state index in [1.807, 2.05) is 13.8 Å². The number of aromatic hydroxyl groups is 1. The first kappa shape index (κ1) is 39.7. The minimum absolute atomic E-state index is 0.0712. The maximum atomic E-state index is 10.4. The maximum Gasteiger partial charge on any atom is 0.127 e. The van der Waals surface area contributed by atoms with Crippen molar-refractivity contribution < 1.29 is 9.84 Å². The van der Waals surface area contributed by atoms with Gasteiger partial charge in [-0.15, -0.1) is 0 Å². The monoisotopic (exact) mass is 692 g/mol. The van der Waals surface area contributed by atoms with E-state index in [1.54, 1.807) is 0 Å². The average Bonchev–Trinajstić information content (AvgIpc) is 3.11.